The first-order valence-corrected chi connectivity index (χ1v) is 6.20. The van der Waals surface area contributed by atoms with Crippen LogP contribution in [-0.4, -0.2) is 18.9 Å². The molecule has 1 aliphatic rings. The van der Waals surface area contributed by atoms with Crippen LogP contribution in [0.4, 0.5) is 5.69 Å². The van der Waals surface area contributed by atoms with Crippen molar-refractivity contribution < 1.29 is 9.59 Å². The van der Waals surface area contributed by atoms with E-state index in [2.05, 4.69) is 17.6 Å². The number of carbonyl (C=O) groups is 2. The normalized spacial score (nSPS) is 21.2. The predicted molar refractivity (Wildman–Crippen MR) is 70.1 cm³/mol. The summed E-state index contributed by atoms with van der Waals surface area (Å²) in [5.41, 5.74) is 1.73. The highest BCUT2D eigenvalue weighted by Gasteiger charge is 2.38. The van der Waals surface area contributed by atoms with E-state index in [1.807, 2.05) is 24.3 Å². The second kappa shape index (κ2) is 5.21. The Kier molecular flexibility index (Phi) is 3.65. The number of rotatable bonds is 4. The summed E-state index contributed by atoms with van der Waals surface area (Å²) in [7, 11) is 1.62. The fourth-order valence-electron chi connectivity index (χ4n) is 1.90. The average Bonchev–Trinajstić information content (AvgIpc) is 3.09. The minimum Gasteiger partial charge on any atom is -0.359 e. The molecule has 0 aromatic heterocycles. The highest BCUT2D eigenvalue weighted by Crippen LogP contribution is 2.38. The number of carbonyl (C=O) groups excluding carboxylic acids is 2. The van der Waals surface area contributed by atoms with E-state index < -0.39 is 0 Å². The molecule has 0 bridgehead atoms. The van der Waals surface area contributed by atoms with Crippen LogP contribution in [0.25, 0.3) is 0 Å². The Bertz CT molecular complexity index is 453. The summed E-state index contributed by atoms with van der Waals surface area (Å²) in [6, 6.07) is 7.40. The number of amides is 2. The Morgan fingerprint density at radius 2 is 1.89 bits per heavy atom. The summed E-state index contributed by atoms with van der Waals surface area (Å²) in [5.74, 6) is 0.771. The molecule has 0 heterocycles. The van der Waals surface area contributed by atoms with E-state index in [0.29, 0.717) is 12.3 Å². The van der Waals surface area contributed by atoms with Crippen LogP contribution in [0.2, 0.25) is 0 Å². The highest BCUT2D eigenvalue weighted by atomic mass is 16.2. The molecule has 2 N–H and O–H groups in total. The lowest BCUT2D eigenvalue weighted by atomic mass is 10.1. The minimum absolute atomic E-state index is 0.0152. The van der Waals surface area contributed by atoms with Crippen molar-refractivity contribution >= 4 is 17.5 Å². The van der Waals surface area contributed by atoms with Gasteiger partial charge in [-0.05, 0) is 30.0 Å². The average molecular weight is 246 g/mol. The van der Waals surface area contributed by atoms with Gasteiger partial charge in [0.2, 0.25) is 11.8 Å². The fraction of sp³-hybridized carbons (Fsp3) is 0.429. The van der Waals surface area contributed by atoms with Gasteiger partial charge in [-0.3, -0.25) is 9.59 Å². The molecule has 0 radical (unpaired) electrons. The number of benzene rings is 1. The fourth-order valence-corrected chi connectivity index (χ4v) is 1.90. The largest absolute Gasteiger partial charge is 0.359 e. The van der Waals surface area contributed by atoms with Gasteiger partial charge in [-0.25, -0.2) is 0 Å². The van der Waals surface area contributed by atoms with Gasteiger partial charge in [0.05, 0.1) is 6.42 Å². The third-order valence-electron chi connectivity index (χ3n) is 3.31. The first kappa shape index (κ1) is 12.6. The topological polar surface area (TPSA) is 58.2 Å². The lowest BCUT2D eigenvalue weighted by Crippen LogP contribution is -2.20. The molecule has 2 amide bonds. The number of hydrogen-bond donors (Lipinski definition) is 2. The maximum absolute atomic E-state index is 11.7. The zero-order chi connectivity index (χ0) is 13.1. The van der Waals surface area contributed by atoms with Crippen LogP contribution in [0.1, 0.15) is 18.9 Å². The first-order chi connectivity index (χ1) is 8.60. The summed E-state index contributed by atoms with van der Waals surface area (Å²) >= 11 is 0. The van der Waals surface area contributed by atoms with Gasteiger partial charge in [-0.1, -0.05) is 19.1 Å². The summed E-state index contributed by atoms with van der Waals surface area (Å²) in [4.78, 5) is 22.9. The molecular formula is C14H18N2O2. The zero-order valence-electron chi connectivity index (χ0n) is 10.7. The van der Waals surface area contributed by atoms with Crippen molar-refractivity contribution in [3.05, 3.63) is 29.8 Å². The molecule has 1 aromatic carbocycles. The zero-order valence-corrected chi connectivity index (χ0v) is 10.7. The number of nitrogens with one attached hydrogen (secondary N) is 2. The van der Waals surface area contributed by atoms with Crippen LogP contribution < -0.4 is 10.6 Å². The Morgan fingerprint density at radius 3 is 2.39 bits per heavy atom. The Labute approximate surface area is 107 Å². The molecule has 4 nitrogen and oxygen atoms in total. The van der Waals surface area contributed by atoms with Crippen LogP contribution in [0.15, 0.2) is 24.3 Å². The van der Waals surface area contributed by atoms with E-state index in [1.165, 1.54) is 0 Å². The Hall–Kier alpha value is -1.84. The monoisotopic (exact) mass is 246 g/mol. The maximum Gasteiger partial charge on any atom is 0.227 e. The third-order valence-corrected chi connectivity index (χ3v) is 3.31. The first-order valence-electron chi connectivity index (χ1n) is 6.20. The molecule has 0 spiro atoms. The Balaban J connectivity index is 1.91. The van der Waals surface area contributed by atoms with Crippen LogP contribution in [0, 0.1) is 11.8 Å². The quantitative estimate of drug-likeness (QED) is 0.847. The van der Waals surface area contributed by atoms with Crippen LogP contribution in [0.5, 0.6) is 0 Å². The molecule has 18 heavy (non-hydrogen) atoms. The van der Waals surface area contributed by atoms with Gasteiger partial charge in [0.25, 0.3) is 0 Å². The van der Waals surface area contributed by atoms with Gasteiger partial charge in [0, 0.05) is 18.7 Å². The molecule has 96 valence electrons. The lowest BCUT2D eigenvalue weighted by Gasteiger charge is -2.06. The SMILES string of the molecule is CNC(=O)Cc1ccc(NC(=O)[C@H]2C[C@H]2C)cc1. The van der Waals surface area contributed by atoms with Crippen molar-refractivity contribution in [2.45, 2.75) is 19.8 Å². The smallest absolute Gasteiger partial charge is 0.227 e. The van der Waals surface area contributed by atoms with Crippen molar-refractivity contribution in [2.75, 3.05) is 12.4 Å². The number of anilines is 1. The molecule has 1 aromatic rings. The second-order valence-corrected chi connectivity index (χ2v) is 4.86. The van der Waals surface area contributed by atoms with Gasteiger partial charge in [0.1, 0.15) is 0 Å². The van der Waals surface area contributed by atoms with Crippen molar-refractivity contribution in [3.8, 4) is 0 Å². The molecule has 1 saturated carbocycles. The van der Waals surface area contributed by atoms with Crippen molar-refractivity contribution in [3.63, 3.8) is 0 Å². The van der Waals surface area contributed by atoms with Crippen molar-refractivity contribution in [1.82, 2.24) is 5.32 Å². The minimum atomic E-state index is -0.0152. The lowest BCUT2D eigenvalue weighted by molar-refractivity contribution is -0.120. The van der Waals surface area contributed by atoms with E-state index in [-0.39, 0.29) is 17.7 Å². The van der Waals surface area contributed by atoms with Gasteiger partial charge in [0.15, 0.2) is 0 Å². The summed E-state index contributed by atoms with van der Waals surface area (Å²) in [5, 5.41) is 5.47. The molecule has 2 atom stereocenters. The van der Waals surface area contributed by atoms with Crippen molar-refractivity contribution in [2.24, 2.45) is 11.8 Å². The Morgan fingerprint density at radius 1 is 1.28 bits per heavy atom. The molecule has 1 fully saturated rings. The second-order valence-electron chi connectivity index (χ2n) is 4.86. The molecule has 1 aliphatic carbocycles. The van der Waals surface area contributed by atoms with Crippen molar-refractivity contribution in [1.29, 1.82) is 0 Å². The number of likely N-dealkylation sites (N-methyl/N-ethyl adjacent to an activating group) is 1. The predicted octanol–water partition coefficient (Wildman–Crippen LogP) is 1.57. The standard InChI is InChI=1S/C14H18N2O2/c1-9-7-12(9)14(18)16-11-5-3-10(4-6-11)8-13(17)15-2/h3-6,9,12H,7-8H2,1-2H3,(H,15,17)(H,16,18)/t9-,12+/m1/s1. The van der Waals surface area contributed by atoms with E-state index in [9.17, 15) is 9.59 Å². The highest BCUT2D eigenvalue weighted by molar-refractivity contribution is 5.94. The maximum atomic E-state index is 11.7. The third kappa shape index (κ3) is 3.09. The van der Waals surface area contributed by atoms with Crippen LogP contribution in [-0.2, 0) is 16.0 Å². The van der Waals surface area contributed by atoms with Crippen LogP contribution >= 0.6 is 0 Å². The van der Waals surface area contributed by atoms with Gasteiger partial charge >= 0.3 is 0 Å². The van der Waals surface area contributed by atoms with Crippen LogP contribution in [0.3, 0.4) is 0 Å². The van der Waals surface area contributed by atoms with E-state index in [4.69, 9.17) is 0 Å². The van der Waals surface area contributed by atoms with E-state index in [1.54, 1.807) is 7.05 Å². The van der Waals surface area contributed by atoms with E-state index >= 15 is 0 Å². The molecular weight excluding hydrogens is 228 g/mol. The van der Waals surface area contributed by atoms with Gasteiger partial charge in [-0.2, -0.15) is 0 Å². The van der Waals surface area contributed by atoms with E-state index in [0.717, 1.165) is 17.7 Å². The molecule has 0 aliphatic heterocycles. The number of hydrogen-bond acceptors (Lipinski definition) is 2. The summed E-state index contributed by atoms with van der Waals surface area (Å²) in [6.45, 7) is 2.08. The molecule has 2 rings (SSSR count). The van der Waals surface area contributed by atoms with Gasteiger partial charge in [-0.15, -0.1) is 0 Å². The van der Waals surface area contributed by atoms with Gasteiger partial charge < -0.3 is 10.6 Å². The summed E-state index contributed by atoms with van der Waals surface area (Å²) < 4.78 is 0. The molecule has 0 unspecified atom stereocenters. The summed E-state index contributed by atoms with van der Waals surface area (Å²) in [6.07, 6.45) is 1.35. The molecule has 0 saturated heterocycles. The molecule has 4 heteroatoms.